The average Bonchev–Trinajstić information content (AvgIpc) is 3.33. The van der Waals surface area contributed by atoms with Crippen molar-refractivity contribution in [3.8, 4) is 12.0 Å². The lowest BCUT2D eigenvalue weighted by Crippen LogP contribution is -2.24. The Bertz CT molecular complexity index is 1040. The molecule has 0 fully saturated rings. The molecule has 0 saturated carbocycles. The van der Waals surface area contributed by atoms with Gasteiger partial charge in [0.2, 0.25) is 5.88 Å². The van der Waals surface area contributed by atoms with Gasteiger partial charge in [-0.3, -0.25) is 14.2 Å². The molecule has 2 heterocycles. The number of carbonyl (C=O) groups is 2. The Morgan fingerprint density at radius 3 is 2.61 bits per heavy atom. The highest BCUT2D eigenvalue weighted by Gasteiger charge is 2.24. The molecule has 0 saturated heterocycles. The van der Waals surface area contributed by atoms with Gasteiger partial charge in [-0.1, -0.05) is 13.0 Å². The fourth-order valence-electron chi connectivity index (χ4n) is 2.83. The Hall–Kier alpha value is -3.79. The Morgan fingerprint density at radius 1 is 1.18 bits per heavy atom. The maximum atomic E-state index is 12.8. The fraction of sp³-hybridized carbons (Fsp3) is 0.190. The second kappa shape index (κ2) is 8.27. The summed E-state index contributed by atoms with van der Waals surface area (Å²) in [6, 6.07) is 12.3. The molecule has 0 aliphatic rings. The van der Waals surface area contributed by atoms with Crippen LogP contribution in [0.3, 0.4) is 0 Å². The van der Waals surface area contributed by atoms with Gasteiger partial charge in [-0.15, -0.1) is 0 Å². The minimum absolute atomic E-state index is 0.156. The summed E-state index contributed by atoms with van der Waals surface area (Å²) in [5.41, 5.74) is 1.24. The van der Waals surface area contributed by atoms with Crippen LogP contribution in [-0.4, -0.2) is 22.9 Å². The van der Waals surface area contributed by atoms with Crippen molar-refractivity contribution in [2.45, 2.75) is 20.3 Å². The predicted molar refractivity (Wildman–Crippen MR) is 105 cm³/mol. The molecule has 3 aromatic rings. The molecule has 142 valence electrons. The number of nitriles is 1. The molecule has 7 nitrogen and oxygen atoms in total. The second-order valence-electron chi connectivity index (χ2n) is 6.21. The number of anilines is 1. The van der Waals surface area contributed by atoms with E-state index in [9.17, 15) is 14.9 Å². The van der Waals surface area contributed by atoms with Gasteiger partial charge in [0.05, 0.1) is 0 Å². The van der Waals surface area contributed by atoms with Crippen LogP contribution in [-0.2, 0) is 0 Å². The molecule has 0 atom stereocenters. The van der Waals surface area contributed by atoms with Crippen molar-refractivity contribution in [3.63, 3.8) is 0 Å². The molecule has 28 heavy (non-hydrogen) atoms. The Morgan fingerprint density at radius 2 is 1.93 bits per heavy atom. The molecule has 1 aromatic carbocycles. The van der Waals surface area contributed by atoms with Gasteiger partial charge in [0.15, 0.2) is 0 Å². The van der Waals surface area contributed by atoms with Crippen molar-refractivity contribution in [1.82, 2.24) is 9.88 Å². The van der Waals surface area contributed by atoms with Gasteiger partial charge < -0.3 is 15.1 Å². The number of nitrogens with zero attached hydrogens (tertiary/aromatic N) is 2. The summed E-state index contributed by atoms with van der Waals surface area (Å²) in [5, 5.41) is 15.1. The van der Waals surface area contributed by atoms with Gasteiger partial charge >= 0.3 is 0 Å². The highest BCUT2D eigenvalue weighted by atomic mass is 16.4. The molecule has 2 N–H and O–H groups in total. The van der Waals surface area contributed by atoms with Gasteiger partial charge in [0, 0.05) is 30.2 Å². The van der Waals surface area contributed by atoms with E-state index >= 15 is 0 Å². The lowest BCUT2D eigenvalue weighted by atomic mass is 10.1. The largest absolute Gasteiger partial charge is 0.443 e. The van der Waals surface area contributed by atoms with Crippen LogP contribution in [0.4, 0.5) is 5.69 Å². The van der Waals surface area contributed by atoms with Crippen LogP contribution < -0.4 is 10.6 Å². The van der Waals surface area contributed by atoms with E-state index in [4.69, 9.17) is 4.42 Å². The van der Waals surface area contributed by atoms with Crippen LogP contribution in [0.5, 0.6) is 0 Å². The third-order valence-electron chi connectivity index (χ3n) is 4.16. The lowest BCUT2D eigenvalue weighted by molar-refractivity contribution is 0.0952. The number of amides is 2. The molecular formula is C21H20N4O3. The number of nitrogens with one attached hydrogen (secondary N) is 2. The second-order valence-corrected chi connectivity index (χ2v) is 6.21. The monoisotopic (exact) mass is 376 g/mol. The van der Waals surface area contributed by atoms with Crippen LogP contribution in [0.15, 0.2) is 53.2 Å². The average molecular weight is 376 g/mol. The first-order chi connectivity index (χ1) is 13.5. The molecule has 0 unspecified atom stereocenters. The van der Waals surface area contributed by atoms with Gasteiger partial charge in [0.1, 0.15) is 23.0 Å². The maximum absolute atomic E-state index is 12.8. The first-order valence-electron chi connectivity index (χ1n) is 8.91. The summed E-state index contributed by atoms with van der Waals surface area (Å²) in [6.07, 6.45) is 4.31. The zero-order valence-corrected chi connectivity index (χ0v) is 15.7. The third kappa shape index (κ3) is 3.81. The minimum atomic E-state index is -0.470. The zero-order chi connectivity index (χ0) is 20.1. The summed E-state index contributed by atoms with van der Waals surface area (Å²) in [4.78, 5) is 24.9. The van der Waals surface area contributed by atoms with E-state index in [0.29, 0.717) is 29.4 Å². The SMILES string of the molecule is CCCNC(=O)c1cccc(NC(=O)c2c(C)oc(-n3cccc3)c2C#N)c1. The lowest BCUT2D eigenvalue weighted by Gasteiger charge is -2.08. The molecule has 0 aliphatic heterocycles. The van der Waals surface area contributed by atoms with Crippen LogP contribution in [0.25, 0.3) is 5.88 Å². The molecule has 0 bridgehead atoms. The highest BCUT2D eigenvalue weighted by Crippen LogP contribution is 2.26. The third-order valence-corrected chi connectivity index (χ3v) is 4.16. The molecule has 0 aliphatic carbocycles. The van der Waals surface area contributed by atoms with E-state index in [1.54, 1.807) is 60.3 Å². The van der Waals surface area contributed by atoms with Crippen LogP contribution >= 0.6 is 0 Å². The van der Waals surface area contributed by atoms with E-state index in [1.807, 2.05) is 6.92 Å². The van der Waals surface area contributed by atoms with Gasteiger partial charge in [-0.2, -0.15) is 5.26 Å². The number of benzene rings is 1. The van der Waals surface area contributed by atoms with E-state index in [2.05, 4.69) is 16.7 Å². The van der Waals surface area contributed by atoms with Crippen LogP contribution in [0.1, 0.15) is 45.4 Å². The number of carbonyl (C=O) groups excluding carboxylic acids is 2. The van der Waals surface area contributed by atoms with Crippen LogP contribution in [0, 0.1) is 18.3 Å². The maximum Gasteiger partial charge on any atom is 0.260 e. The van der Waals surface area contributed by atoms with Gasteiger partial charge in [-0.25, -0.2) is 0 Å². The fourth-order valence-corrected chi connectivity index (χ4v) is 2.83. The number of aromatic nitrogens is 1. The van der Waals surface area contributed by atoms with Gasteiger partial charge in [-0.05, 0) is 43.7 Å². The first-order valence-corrected chi connectivity index (χ1v) is 8.91. The molecule has 0 radical (unpaired) electrons. The molecule has 2 amide bonds. The molecule has 3 rings (SSSR count). The Labute approximate surface area is 162 Å². The standard InChI is InChI=1S/C21H20N4O3/c1-3-9-23-19(26)15-7-6-8-16(12-15)24-20(27)18-14(2)28-21(17(18)13-22)25-10-4-5-11-25/h4-8,10-12H,3,9H2,1-2H3,(H,23,26)(H,24,27). The van der Waals surface area contributed by atoms with E-state index in [-0.39, 0.29) is 17.0 Å². The van der Waals surface area contributed by atoms with Crippen molar-refractivity contribution in [1.29, 1.82) is 5.26 Å². The van der Waals surface area contributed by atoms with Crippen LogP contribution in [0.2, 0.25) is 0 Å². The number of hydrogen-bond donors (Lipinski definition) is 2. The number of aryl methyl sites for hydroxylation is 1. The molecular weight excluding hydrogens is 356 g/mol. The quantitative estimate of drug-likeness (QED) is 0.686. The number of hydrogen-bond acceptors (Lipinski definition) is 4. The zero-order valence-electron chi connectivity index (χ0n) is 15.7. The van der Waals surface area contributed by atoms with E-state index < -0.39 is 5.91 Å². The van der Waals surface area contributed by atoms with Crippen molar-refractivity contribution in [2.75, 3.05) is 11.9 Å². The van der Waals surface area contributed by atoms with Crippen molar-refractivity contribution in [3.05, 3.63) is 71.2 Å². The summed E-state index contributed by atoms with van der Waals surface area (Å²) in [5.74, 6) is -0.0372. The van der Waals surface area contributed by atoms with Gasteiger partial charge in [0.25, 0.3) is 11.8 Å². The van der Waals surface area contributed by atoms with Crippen molar-refractivity contribution < 1.29 is 14.0 Å². The smallest absolute Gasteiger partial charge is 0.260 e. The number of furan rings is 1. The summed E-state index contributed by atoms with van der Waals surface area (Å²) >= 11 is 0. The first kappa shape index (κ1) is 19.0. The predicted octanol–water partition coefficient (Wildman–Crippen LogP) is 3.64. The normalized spacial score (nSPS) is 10.3. The number of rotatable bonds is 6. The highest BCUT2D eigenvalue weighted by molar-refractivity contribution is 6.07. The Kier molecular flexibility index (Phi) is 5.61. The van der Waals surface area contributed by atoms with E-state index in [0.717, 1.165) is 6.42 Å². The van der Waals surface area contributed by atoms with Crippen molar-refractivity contribution >= 4 is 17.5 Å². The molecule has 0 spiro atoms. The molecule has 2 aromatic heterocycles. The summed E-state index contributed by atoms with van der Waals surface area (Å²) in [7, 11) is 0. The summed E-state index contributed by atoms with van der Waals surface area (Å²) < 4.78 is 7.30. The molecule has 7 heteroatoms. The topological polar surface area (TPSA) is 100 Å². The minimum Gasteiger partial charge on any atom is -0.443 e. The summed E-state index contributed by atoms with van der Waals surface area (Å²) in [6.45, 7) is 4.19. The Balaban J connectivity index is 1.86. The van der Waals surface area contributed by atoms with E-state index in [1.165, 1.54) is 0 Å². The van der Waals surface area contributed by atoms with Crippen molar-refractivity contribution in [2.24, 2.45) is 0 Å².